The quantitative estimate of drug-likeness (QED) is 0.824. The molecule has 0 saturated carbocycles. The van der Waals surface area contributed by atoms with Crippen LogP contribution in [0, 0.1) is 5.41 Å². The summed E-state index contributed by atoms with van der Waals surface area (Å²) in [5.41, 5.74) is 6.38. The van der Waals surface area contributed by atoms with Crippen molar-refractivity contribution in [2.45, 2.75) is 33.4 Å². The molecular weight excluding hydrogens is 320 g/mol. The fraction of sp³-hybridized carbons (Fsp3) is 0.562. The van der Waals surface area contributed by atoms with Crippen molar-refractivity contribution in [1.29, 1.82) is 0 Å². The zero-order chi connectivity index (χ0) is 16.9. The van der Waals surface area contributed by atoms with Gasteiger partial charge in [0.1, 0.15) is 17.2 Å². The second kappa shape index (κ2) is 8.84. The molecule has 7 heteroatoms. The SMILES string of the molecule is COc1cc(OC)c(CNC(=O)[C@@H](N)C(C)(C)C)c(OC)c1.Cl. The first-order valence-corrected chi connectivity index (χ1v) is 7.06. The van der Waals surface area contributed by atoms with Crippen molar-refractivity contribution in [3.63, 3.8) is 0 Å². The van der Waals surface area contributed by atoms with Gasteiger partial charge in [-0.3, -0.25) is 4.79 Å². The first-order chi connectivity index (χ1) is 10.2. The van der Waals surface area contributed by atoms with Crippen LogP contribution in [0.25, 0.3) is 0 Å². The highest BCUT2D eigenvalue weighted by Crippen LogP contribution is 2.33. The molecule has 0 aliphatic heterocycles. The fourth-order valence-corrected chi connectivity index (χ4v) is 1.93. The molecule has 3 N–H and O–H groups in total. The van der Waals surface area contributed by atoms with E-state index in [0.29, 0.717) is 17.2 Å². The van der Waals surface area contributed by atoms with Crippen LogP contribution in [0.3, 0.4) is 0 Å². The average molecular weight is 347 g/mol. The van der Waals surface area contributed by atoms with Crippen LogP contribution in [0.5, 0.6) is 17.2 Å². The van der Waals surface area contributed by atoms with E-state index in [9.17, 15) is 4.79 Å². The van der Waals surface area contributed by atoms with E-state index in [2.05, 4.69) is 5.32 Å². The minimum atomic E-state index is -0.595. The highest BCUT2D eigenvalue weighted by molar-refractivity contribution is 5.85. The van der Waals surface area contributed by atoms with Crippen LogP contribution in [0.1, 0.15) is 26.3 Å². The summed E-state index contributed by atoms with van der Waals surface area (Å²) in [5, 5.41) is 2.83. The second-order valence-corrected chi connectivity index (χ2v) is 6.07. The van der Waals surface area contributed by atoms with E-state index in [1.807, 2.05) is 20.8 Å². The number of methoxy groups -OCH3 is 3. The molecule has 0 aromatic heterocycles. The van der Waals surface area contributed by atoms with Gasteiger partial charge in [-0.15, -0.1) is 12.4 Å². The van der Waals surface area contributed by atoms with Crippen molar-refractivity contribution >= 4 is 18.3 Å². The molecule has 1 aromatic rings. The molecule has 1 aromatic carbocycles. The predicted octanol–water partition coefficient (Wildman–Crippen LogP) is 2.12. The maximum atomic E-state index is 12.1. The van der Waals surface area contributed by atoms with Crippen LogP contribution >= 0.6 is 12.4 Å². The van der Waals surface area contributed by atoms with Crippen LogP contribution in [0.15, 0.2) is 12.1 Å². The molecule has 0 heterocycles. The Kier molecular flexibility index (Phi) is 8.20. The van der Waals surface area contributed by atoms with Crippen molar-refractivity contribution in [2.75, 3.05) is 21.3 Å². The first-order valence-electron chi connectivity index (χ1n) is 7.06. The molecule has 0 radical (unpaired) electrons. The highest BCUT2D eigenvalue weighted by atomic mass is 35.5. The van der Waals surface area contributed by atoms with E-state index in [-0.39, 0.29) is 30.3 Å². The van der Waals surface area contributed by atoms with Gasteiger partial charge in [-0.2, -0.15) is 0 Å². The highest BCUT2D eigenvalue weighted by Gasteiger charge is 2.27. The summed E-state index contributed by atoms with van der Waals surface area (Å²) in [7, 11) is 4.68. The van der Waals surface area contributed by atoms with Gasteiger partial charge in [0.05, 0.1) is 39.5 Å². The Bertz CT molecular complexity index is 504. The second-order valence-electron chi connectivity index (χ2n) is 6.07. The maximum absolute atomic E-state index is 12.1. The zero-order valence-electron chi connectivity index (χ0n) is 14.6. The number of ether oxygens (including phenoxy) is 3. The molecule has 0 fully saturated rings. The topological polar surface area (TPSA) is 82.8 Å². The third-order valence-electron chi connectivity index (χ3n) is 3.47. The molecule has 1 atom stereocenters. The average Bonchev–Trinajstić information content (AvgIpc) is 2.49. The van der Waals surface area contributed by atoms with Crippen LogP contribution in [0.4, 0.5) is 0 Å². The molecule has 0 spiro atoms. The normalized spacial score (nSPS) is 12.0. The van der Waals surface area contributed by atoms with E-state index in [4.69, 9.17) is 19.9 Å². The summed E-state index contributed by atoms with van der Waals surface area (Å²) in [6.07, 6.45) is 0. The number of carbonyl (C=O) groups is 1. The molecule has 1 amide bonds. The third-order valence-corrected chi connectivity index (χ3v) is 3.47. The minimum Gasteiger partial charge on any atom is -0.496 e. The summed E-state index contributed by atoms with van der Waals surface area (Å²) < 4.78 is 15.9. The summed E-state index contributed by atoms with van der Waals surface area (Å²) in [6.45, 7) is 6.03. The molecule has 1 rings (SSSR count). The lowest BCUT2D eigenvalue weighted by Gasteiger charge is -2.26. The molecule has 0 saturated heterocycles. The number of halogens is 1. The molecule has 6 nitrogen and oxygen atoms in total. The number of rotatable bonds is 6. The van der Waals surface area contributed by atoms with Gasteiger partial charge in [-0.05, 0) is 5.41 Å². The Morgan fingerprint density at radius 1 is 1.13 bits per heavy atom. The van der Waals surface area contributed by atoms with Crippen molar-refractivity contribution in [3.8, 4) is 17.2 Å². The standard InChI is InChI=1S/C16H26N2O4.ClH/c1-16(2,3)14(17)15(19)18-9-11-12(21-5)7-10(20-4)8-13(11)22-6;/h7-8,14H,9,17H2,1-6H3,(H,18,19);1H/t14-;/m1./s1. The molecule has 132 valence electrons. The van der Waals surface area contributed by atoms with Crippen molar-refractivity contribution in [1.82, 2.24) is 5.32 Å². The number of carbonyl (C=O) groups excluding carboxylic acids is 1. The van der Waals surface area contributed by atoms with Gasteiger partial charge in [0, 0.05) is 12.1 Å². The number of hydrogen-bond donors (Lipinski definition) is 2. The summed E-state index contributed by atoms with van der Waals surface area (Å²) in [5.74, 6) is 1.57. The van der Waals surface area contributed by atoms with Crippen LogP contribution in [-0.4, -0.2) is 33.3 Å². The fourth-order valence-electron chi connectivity index (χ4n) is 1.93. The summed E-state index contributed by atoms with van der Waals surface area (Å²) in [6, 6.07) is 2.89. The Balaban J connectivity index is 0.00000484. The summed E-state index contributed by atoms with van der Waals surface area (Å²) >= 11 is 0. The first kappa shape index (κ1) is 21.3. The predicted molar refractivity (Wildman–Crippen MR) is 92.6 cm³/mol. The third kappa shape index (κ3) is 5.48. The zero-order valence-corrected chi connectivity index (χ0v) is 15.4. The van der Waals surface area contributed by atoms with E-state index in [0.717, 1.165) is 5.56 Å². The summed E-state index contributed by atoms with van der Waals surface area (Å²) in [4.78, 5) is 12.1. The van der Waals surface area contributed by atoms with E-state index < -0.39 is 6.04 Å². The Morgan fingerprint density at radius 3 is 1.96 bits per heavy atom. The molecular formula is C16H27ClN2O4. The Labute approximate surface area is 144 Å². The van der Waals surface area contributed by atoms with Crippen LogP contribution in [-0.2, 0) is 11.3 Å². The van der Waals surface area contributed by atoms with Gasteiger partial charge < -0.3 is 25.3 Å². The van der Waals surface area contributed by atoms with Gasteiger partial charge in [0.25, 0.3) is 0 Å². The monoisotopic (exact) mass is 346 g/mol. The van der Waals surface area contributed by atoms with E-state index in [1.165, 1.54) is 0 Å². The minimum absolute atomic E-state index is 0. The van der Waals surface area contributed by atoms with Gasteiger partial charge in [-0.25, -0.2) is 0 Å². The van der Waals surface area contributed by atoms with Crippen LogP contribution < -0.4 is 25.3 Å². The number of hydrogen-bond acceptors (Lipinski definition) is 5. The molecule has 0 aliphatic carbocycles. The number of amides is 1. The van der Waals surface area contributed by atoms with Gasteiger partial charge >= 0.3 is 0 Å². The van der Waals surface area contributed by atoms with Gasteiger partial charge in [0.2, 0.25) is 5.91 Å². The lowest BCUT2D eigenvalue weighted by Crippen LogP contribution is -2.48. The number of nitrogens with two attached hydrogens (primary N) is 1. The maximum Gasteiger partial charge on any atom is 0.237 e. The van der Waals surface area contributed by atoms with Crippen molar-refractivity contribution in [3.05, 3.63) is 17.7 Å². The Morgan fingerprint density at radius 2 is 1.61 bits per heavy atom. The lowest BCUT2D eigenvalue weighted by atomic mass is 9.87. The molecule has 0 unspecified atom stereocenters. The van der Waals surface area contributed by atoms with Crippen molar-refractivity contribution in [2.24, 2.45) is 11.1 Å². The van der Waals surface area contributed by atoms with Crippen molar-refractivity contribution < 1.29 is 19.0 Å². The number of nitrogens with one attached hydrogen (secondary N) is 1. The van der Waals surface area contributed by atoms with E-state index in [1.54, 1.807) is 33.5 Å². The lowest BCUT2D eigenvalue weighted by molar-refractivity contribution is -0.124. The van der Waals surface area contributed by atoms with E-state index >= 15 is 0 Å². The van der Waals surface area contributed by atoms with Gasteiger partial charge in [0.15, 0.2) is 0 Å². The Hall–Kier alpha value is -1.66. The molecule has 23 heavy (non-hydrogen) atoms. The van der Waals surface area contributed by atoms with Crippen LogP contribution in [0.2, 0.25) is 0 Å². The molecule has 0 aliphatic rings. The smallest absolute Gasteiger partial charge is 0.237 e. The van der Waals surface area contributed by atoms with Gasteiger partial charge in [-0.1, -0.05) is 20.8 Å². The molecule has 0 bridgehead atoms. The largest absolute Gasteiger partial charge is 0.496 e. The number of benzene rings is 1.